The fourth-order valence-electron chi connectivity index (χ4n) is 1.83. The molecule has 4 heteroatoms. The van der Waals surface area contributed by atoms with Crippen LogP contribution in [0.3, 0.4) is 0 Å². The Morgan fingerprint density at radius 3 is 2.80 bits per heavy atom. The summed E-state index contributed by atoms with van der Waals surface area (Å²) < 4.78 is 11.2. The fraction of sp³-hybridized carbons (Fsp3) is 0.909. The van der Waals surface area contributed by atoms with E-state index < -0.39 is 10.8 Å². The van der Waals surface area contributed by atoms with Gasteiger partial charge in [-0.2, -0.15) is 0 Å². The maximum atomic E-state index is 11.3. The van der Waals surface area contributed by atoms with Crippen molar-refractivity contribution in [3.8, 4) is 0 Å². The van der Waals surface area contributed by atoms with Gasteiger partial charge in [0.05, 0.1) is 0 Å². The highest BCUT2D eigenvalue weighted by atomic mass is 32.2. The van der Waals surface area contributed by atoms with Crippen molar-refractivity contribution in [3.63, 3.8) is 0 Å². The van der Waals surface area contributed by atoms with Crippen LogP contribution in [0.5, 0.6) is 0 Å². The van der Waals surface area contributed by atoms with Crippen LogP contribution in [0.15, 0.2) is 0 Å². The molecule has 0 aromatic rings. The van der Waals surface area contributed by atoms with Crippen LogP contribution in [0.2, 0.25) is 0 Å². The second-order valence-corrected chi connectivity index (χ2v) is 6.32. The molecule has 1 fully saturated rings. The second kappa shape index (κ2) is 5.75. The van der Waals surface area contributed by atoms with Gasteiger partial charge in [-0.3, -0.25) is 9.00 Å². The lowest BCUT2D eigenvalue weighted by Crippen LogP contribution is -2.40. The standard InChI is InChI=1S/C11H21NO2S/c1-9-8-12(7-5-11(9)13)6-4-10(2)15(3)14/h9-10H,4-8H2,1-3H3. The van der Waals surface area contributed by atoms with E-state index in [-0.39, 0.29) is 11.2 Å². The van der Waals surface area contributed by atoms with Gasteiger partial charge in [0.1, 0.15) is 5.78 Å². The normalized spacial score (nSPS) is 27.7. The van der Waals surface area contributed by atoms with Gasteiger partial charge < -0.3 is 4.90 Å². The van der Waals surface area contributed by atoms with E-state index in [2.05, 4.69) is 4.90 Å². The van der Waals surface area contributed by atoms with Gasteiger partial charge in [0.2, 0.25) is 0 Å². The smallest absolute Gasteiger partial charge is 0.138 e. The van der Waals surface area contributed by atoms with Crippen molar-refractivity contribution in [2.24, 2.45) is 5.92 Å². The Hall–Kier alpha value is -0.220. The summed E-state index contributed by atoms with van der Waals surface area (Å²) in [5.41, 5.74) is 0. The van der Waals surface area contributed by atoms with E-state index in [0.29, 0.717) is 12.2 Å². The maximum Gasteiger partial charge on any atom is 0.138 e. The number of carbonyl (C=O) groups excluding carboxylic acids is 1. The Balaban J connectivity index is 2.28. The lowest BCUT2D eigenvalue weighted by Gasteiger charge is -2.30. The summed E-state index contributed by atoms with van der Waals surface area (Å²) in [5.74, 6) is 0.569. The average molecular weight is 231 g/mol. The zero-order valence-electron chi connectivity index (χ0n) is 9.86. The first-order chi connectivity index (χ1) is 7.00. The second-order valence-electron chi connectivity index (χ2n) is 4.52. The Morgan fingerprint density at radius 1 is 1.60 bits per heavy atom. The van der Waals surface area contributed by atoms with Crippen molar-refractivity contribution in [2.75, 3.05) is 25.9 Å². The molecule has 0 aliphatic carbocycles. The van der Waals surface area contributed by atoms with Crippen molar-refractivity contribution >= 4 is 16.6 Å². The minimum Gasteiger partial charge on any atom is -0.302 e. The molecule has 1 rings (SSSR count). The van der Waals surface area contributed by atoms with Crippen molar-refractivity contribution in [1.82, 2.24) is 4.90 Å². The predicted molar refractivity (Wildman–Crippen MR) is 63.4 cm³/mol. The summed E-state index contributed by atoms with van der Waals surface area (Å²) in [6.07, 6.45) is 3.40. The summed E-state index contributed by atoms with van der Waals surface area (Å²) >= 11 is 0. The summed E-state index contributed by atoms with van der Waals surface area (Å²) in [5, 5.41) is 0.262. The van der Waals surface area contributed by atoms with E-state index in [0.717, 1.165) is 26.1 Å². The first-order valence-corrected chi connectivity index (χ1v) is 7.20. The number of likely N-dealkylation sites (tertiary alicyclic amines) is 1. The number of ketones is 1. The van der Waals surface area contributed by atoms with Gasteiger partial charge in [-0.25, -0.2) is 0 Å². The molecule has 15 heavy (non-hydrogen) atoms. The molecule has 0 N–H and O–H groups in total. The minimum absolute atomic E-state index is 0.182. The van der Waals surface area contributed by atoms with E-state index in [1.54, 1.807) is 6.26 Å². The van der Waals surface area contributed by atoms with Crippen LogP contribution in [0.4, 0.5) is 0 Å². The van der Waals surface area contributed by atoms with Crippen LogP contribution in [0.1, 0.15) is 26.7 Å². The van der Waals surface area contributed by atoms with Gasteiger partial charge in [-0.05, 0) is 13.0 Å². The van der Waals surface area contributed by atoms with E-state index in [1.807, 2.05) is 13.8 Å². The minimum atomic E-state index is -0.724. The maximum absolute atomic E-state index is 11.3. The molecule has 1 aliphatic heterocycles. The van der Waals surface area contributed by atoms with Gasteiger partial charge in [0, 0.05) is 47.7 Å². The third kappa shape index (κ3) is 4.03. The highest BCUT2D eigenvalue weighted by molar-refractivity contribution is 7.84. The molecule has 1 aliphatic rings. The lowest BCUT2D eigenvalue weighted by atomic mass is 9.98. The van der Waals surface area contributed by atoms with E-state index in [9.17, 15) is 9.00 Å². The van der Waals surface area contributed by atoms with E-state index >= 15 is 0 Å². The molecule has 3 atom stereocenters. The van der Waals surface area contributed by atoms with E-state index in [1.165, 1.54) is 0 Å². The van der Waals surface area contributed by atoms with Crippen LogP contribution in [0.25, 0.3) is 0 Å². The van der Waals surface area contributed by atoms with Gasteiger partial charge in [-0.1, -0.05) is 13.8 Å². The number of carbonyl (C=O) groups is 1. The quantitative estimate of drug-likeness (QED) is 0.726. The number of piperidine rings is 1. The summed E-state index contributed by atoms with van der Waals surface area (Å²) in [7, 11) is -0.724. The molecule has 88 valence electrons. The first kappa shape index (κ1) is 12.8. The highest BCUT2D eigenvalue weighted by Gasteiger charge is 2.23. The molecule has 3 nitrogen and oxygen atoms in total. The Bertz CT molecular complexity index is 255. The SMILES string of the molecule is CC1CN(CCC(C)S(C)=O)CCC1=O. The monoisotopic (exact) mass is 231 g/mol. The molecule has 0 radical (unpaired) electrons. The van der Waals surface area contributed by atoms with E-state index in [4.69, 9.17) is 0 Å². The number of rotatable bonds is 4. The zero-order chi connectivity index (χ0) is 11.4. The molecule has 0 saturated carbocycles. The highest BCUT2D eigenvalue weighted by Crippen LogP contribution is 2.13. The Labute approximate surface area is 94.7 Å². The van der Waals surface area contributed by atoms with Crippen LogP contribution >= 0.6 is 0 Å². The molecule has 0 aromatic carbocycles. The van der Waals surface area contributed by atoms with Crippen LogP contribution in [0, 0.1) is 5.92 Å². The number of hydrogen-bond acceptors (Lipinski definition) is 3. The molecule has 0 aromatic heterocycles. The summed E-state index contributed by atoms with van der Waals surface area (Å²) in [6, 6.07) is 0. The van der Waals surface area contributed by atoms with Gasteiger partial charge >= 0.3 is 0 Å². The predicted octanol–water partition coefficient (Wildman–Crippen LogP) is 1.05. The molecular formula is C11H21NO2S. The molecule has 0 bridgehead atoms. The van der Waals surface area contributed by atoms with Crippen LogP contribution in [-0.4, -0.2) is 46.0 Å². The van der Waals surface area contributed by atoms with Gasteiger partial charge in [-0.15, -0.1) is 0 Å². The molecule has 3 unspecified atom stereocenters. The first-order valence-electron chi connectivity index (χ1n) is 5.58. The topological polar surface area (TPSA) is 37.4 Å². The van der Waals surface area contributed by atoms with Crippen LogP contribution in [-0.2, 0) is 15.6 Å². The molecular weight excluding hydrogens is 210 g/mol. The lowest BCUT2D eigenvalue weighted by molar-refractivity contribution is -0.125. The van der Waals surface area contributed by atoms with Crippen molar-refractivity contribution in [2.45, 2.75) is 31.9 Å². The van der Waals surface area contributed by atoms with Crippen molar-refractivity contribution in [3.05, 3.63) is 0 Å². The van der Waals surface area contributed by atoms with Gasteiger partial charge in [0.25, 0.3) is 0 Å². The molecule has 0 amide bonds. The average Bonchev–Trinajstić information content (AvgIpc) is 2.19. The largest absolute Gasteiger partial charge is 0.302 e. The zero-order valence-corrected chi connectivity index (χ0v) is 10.7. The Morgan fingerprint density at radius 2 is 2.27 bits per heavy atom. The van der Waals surface area contributed by atoms with Crippen LogP contribution < -0.4 is 0 Å². The van der Waals surface area contributed by atoms with Crippen molar-refractivity contribution < 1.29 is 9.00 Å². The molecule has 1 saturated heterocycles. The van der Waals surface area contributed by atoms with Crippen molar-refractivity contribution in [1.29, 1.82) is 0 Å². The summed E-state index contributed by atoms with van der Waals surface area (Å²) in [4.78, 5) is 13.6. The molecule has 0 spiro atoms. The Kier molecular flexibility index (Phi) is 4.93. The number of hydrogen-bond donors (Lipinski definition) is 0. The van der Waals surface area contributed by atoms with Gasteiger partial charge in [0.15, 0.2) is 0 Å². The number of Topliss-reactive ketones (excluding diaryl/α,β-unsaturated/α-hetero) is 1. The third-order valence-corrected chi connectivity index (χ3v) is 4.54. The third-order valence-electron chi connectivity index (χ3n) is 3.17. The summed E-state index contributed by atoms with van der Waals surface area (Å²) in [6.45, 7) is 6.75. The molecule has 1 heterocycles. The fourth-order valence-corrected chi connectivity index (χ4v) is 2.27. The number of nitrogens with zero attached hydrogens (tertiary/aromatic N) is 1.